The molecule has 1 atom stereocenters. The first kappa shape index (κ1) is 8.57. The van der Waals surface area contributed by atoms with Gasteiger partial charge in [0.25, 0.3) is 0 Å². The number of para-hydroxylation sites is 1. The van der Waals surface area contributed by atoms with Crippen LogP contribution in [0, 0.1) is 5.92 Å². The molecule has 1 aliphatic rings. The van der Waals surface area contributed by atoms with Crippen molar-refractivity contribution in [2.45, 2.75) is 12.8 Å². The van der Waals surface area contributed by atoms with E-state index in [0.29, 0.717) is 5.92 Å². The summed E-state index contributed by atoms with van der Waals surface area (Å²) in [6, 6.07) is 8.24. The average molecular weight is 177 g/mol. The second-order valence-electron chi connectivity index (χ2n) is 3.55. The SMILES string of the molecule is NCC1CCOc2ccccc2C1. The van der Waals surface area contributed by atoms with Crippen LogP contribution in [0.4, 0.5) is 0 Å². The van der Waals surface area contributed by atoms with Crippen LogP contribution in [0.2, 0.25) is 0 Å². The van der Waals surface area contributed by atoms with Crippen molar-refractivity contribution in [3.05, 3.63) is 29.8 Å². The Kier molecular flexibility index (Phi) is 2.50. The Labute approximate surface area is 78.7 Å². The zero-order valence-corrected chi connectivity index (χ0v) is 7.70. The summed E-state index contributed by atoms with van der Waals surface area (Å²) in [5.41, 5.74) is 6.98. The lowest BCUT2D eigenvalue weighted by molar-refractivity contribution is 0.296. The van der Waals surface area contributed by atoms with Crippen molar-refractivity contribution in [1.82, 2.24) is 0 Å². The van der Waals surface area contributed by atoms with Gasteiger partial charge in [-0.15, -0.1) is 0 Å². The second kappa shape index (κ2) is 3.79. The zero-order valence-electron chi connectivity index (χ0n) is 7.70. The van der Waals surface area contributed by atoms with Gasteiger partial charge < -0.3 is 10.5 Å². The lowest BCUT2D eigenvalue weighted by atomic mass is 9.97. The largest absolute Gasteiger partial charge is 0.493 e. The van der Waals surface area contributed by atoms with E-state index in [4.69, 9.17) is 10.5 Å². The van der Waals surface area contributed by atoms with Crippen LogP contribution in [0.15, 0.2) is 24.3 Å². The second-order valence-corrected chi connectivity index (χ2v) is 3.55. The molecule has 0 aromatic heterocycles. The molecule has 1 heterocycles. The van der Waals surface area contributed by atoms with Gasteiger partial charge in [-0.1, -0.05) is 18.2 Å². The molecule has 1 aromatic carbocycles. The number of rotatable bonds is 1. The smallest absolute Gasteiger partial charge is 0.122 e. The number of benzene rings is 1. The first-order valence-electron chi connectivity index (χ1n) is 4.81. The molecule has 1 unspecified atom stereocenters. The van der Waals surface area contributed by atoms with Crippen molar-refractivity contribution in [2.24, 2.45) is 11.7 Å². The van der Waals surface area contributed by atoms with Crippen LogP contribution in [0.5, 0.6) is 5.75 Å². The third-order valence-corrected chi connectivity index (χ3v) is 2.60. The number of fused-ring (bicyclic) bond motifs is 1. The van der Waals surface area contributed by atoms with Crippen molar-refractivity contribution in [3.8, 4) is 5.75 Å². The van der Waals surface area contributed by atoms with Gasteiger partial charge in [0.05, 0.1) is 6.61 Å². The molecule has 1 aliphatic heterocycles. The predicted molar refractivity (Wildman–Crippen MR) is 52.8 cm³/mol. The van der Waals surface area contributed by atoms with Gasteiger partial charge in [-0.25, -0.2) is 0 Å². The summed E-state index contributed by atoms with van der Waals surface area (Å²) in [4.78, 5) is 0. The molecule has 0 bridgehead atoms. The average Bonchev–Trinajstić information content (AvgIpc) is 2.38. The molecular formula is C11H15NO. The van der Waals surface area contributed by atoms with Gasteiger partial charge in [0.2, 0.25) is 0 Å². The molecule has 0 fully saturated rings. The quantitative estimate of drug-likeness (QED) is 0.707. The van der Waals surface area contributed by atoms with Crippen molar-refractivity contribution in [2.75, 3.05) is 13.2 Å². The van der Waals surface area contributed by atoms with Crippen molar-refractivity contribution >= 4 is 0 Å². The van der Waals surface area contributed by atoms with Crippen molar-refractivity contribution in [1.29, 1.82) is 0 Å². The molecule has 0 aliphatic carbocycles. The highest BCUT2D eigenvalue weighted by Gasteiger charge is 2.15. The molecule has 0 spiro atoms. The molecule has 0 amide bonds. The lowest BCUT2D eigenvalue weighted by Crippen LogP contribution is -2.17. The van der Waals surface area contributed by atoms with E-state index in [1.807, 2.05) is 12.1 Å². The highest BCUT2D eigenvalue weighted by Crippen LogP contribution is 2.25. The predicted octanol–water partition coefficient (Wildman–Crippen LogP) is 1.59. The summed E-state index contributed by atoms with van der Waals surface area (Å²) in [7, 11) is 0. The fourth-order valence-electron chi connectivity index (χ4n) is 1.76. The monoisotopic (exact) mass is 177 g/mol. The maximum atomic E-state index is 5.67. The maximum Gasteiger partial charge on any atom is 0.122 e. The Hall–Kier alpha value is -1.02. The van der Waals surface area contributed by atoms with Gasteiger partial charge in [-0.2, -0.15) is 0 Å². The topological polar surface area (TPSA) is 35.2 Å². The third kappa shape index (κ3) is 1.83. The van der Waals surface area contributed by atoms with Crippen molar-refractivity contribution in [3.63, 3.8) is 0 Å². The van der Waals surface area contributed by atoms with Gasteiger partial charge in [0, 0.05) is 0 Å². The van der Waals surface area contributed by atoms with Crippen LogP contribution in [-0.4, -0.2) is 13.2 Å². The summed E-state index contributed by atoms with van der Waals surface area (Å²) >= 11 is 0. The standard InChI is InChI=1S/C11H15NO/c12-8-9-5-6-13-11-4-2-1-3-10(11)7-9/h1-4,9H,5-8,12H2. The highest BCUT2D eigenvalue weighted by molar-refractivity contribution is 5.34. The van der Waals surface area contributed by atoms with Gasteiger partial charge in [-0.3, -0.25) is 0 Å². The summed E-state index contributed by atoms with van der Waals surface area (Å²) in [5.74, 6) is 1.63. The molecule has 70 valence electrons. The maximum absolute atomic E-state index is 5.67. The number of hydrogen-bond donors (Lipinski definition) is 1. The van der Waals surface area contributed by atoms with Crippen LogP contribution < -0.4 is 10.5 Å². The van der Waals surface area contributed by atoms with E-state index < -0.39 is 0 Å². The fraction of sp³-hybridized carbons (Fsp3) is 0.455. The Balaban J connectivity index is 2.23. The summed E-state index contributed by atoms with van der Waals surface area (Å²) in [6.45, 7) is 1.57. The van der Waals surface area contributed by atoms with Gasteiger partial charge in [0.15, 0.2) is 0 Å². The van der Waals surface area contributed by atoms with E-state index in [-0.39, 0.29) is 0 Å². The first-order chi connectivity index (χ1) is 6.40. The zero-order chi connectivity index (χ0) is 9.10. The molecule has 0 radical (unpaired) electrons. The van der Waals surface area contributed by atoms with Gasteiger partial charge >= 0.3 is 0 Å². The summed E-state index contributed by atoms with van der Waals surface area (Å²) < 4.78 is 5.62. The van der Waals surface area contributed by atoms with E-state index in [9.17, 15) is 0 Å². The normalized spacial score (nSPS) is 21.5. The van der Waals surface area contributed by atoms with E-state index in [1.54, 1.807) is 0 Å². The van der Waals surface area contributed by atoms with Crippen LogP contribution in [0.25, 0.3) is 0 Å². The first-order valence-corrected chi connectivity index (χ1v) is 4.81. The molecule has 2 N–H and O–H groups in total. The number of ether oxygens (including phenoxy) is 1. The Morgan fingerprint density at radius 2 is 2.23 bits per heavy atom. The van der Waals surface area contributed by atoms with Crippen LogP contribution in [-0.2, 0) is 6.42 Å². The molecule has 1 aromatic rings. The summed E-state index contributed by atoms with van der Waals surface area (Å²) in [6.07, 6.45) is 2.14. The third-order valence-electron chi connectivity index (χ3n) is 2.60. The van der Waals surface area contributed by atoms with Crippen LogP contribution >= 0.6 is 0 Å². The van der Waals surface area contributed by atoms with E-state index in [0.717, 1.165) is 31.7 Å². The van der Waals surface area contributed by atoms with Crippen LogP contribution in [0.1, 0.15) is 12.0 Å². The molecule has 2 heteroatoms. The molecule has 2 rings (SSSR count). The minimum atomic E-state index is 0.587. The van der Waals surface area contributed by atoms with E-state index >= 15 is 0 Å². The molecule has 13 heavy (non-hydrogen) atoms. The fourth-order valence-corrected chi connectivity index (χ4v) is 1.76. The number of nitrogens with two attached hydrogens (primary N) is 1. The molecule has 0 saturated heterocycles. The lowest BCUT2D eigenvalue weighted by Gasteiger charge is -2.09. The van der Waals surface area contributed by atoms with E-state index in [1.165, 1.54) is 5.56 Å². The highest BCUT2D eigenvalue weighted by atomic mass is 16.5. The van der Waals surface area contributed by atoms with Crippen LogP contribution in [0.3, 0.4) is 0 Å². The Morgan fingerprint density at radius 3 is 3.08 bits per heavy atom. The minimum absolute atomic E-state index is 0.587. The minimum Gasteiger partial charge on any atom is -0.493 e. The molecular weight excluding hydrogens is 162 g/mol. The number of hydrogen-bond acceptors (Lipinski definition) is 2. The summed E-state index contributed by atoms with van der Waals surface area (Å²) in [5, 5.41) is 0. The molecule has 2 nitrogen and oxygen atoms in total. The Morgan fingerprint density at radius 1 is 1.38 bits per heavy atom. The van der Waals surface area contributed by atoms with Gasteiger partial charge in [0.1, 0.15) is 5.75 Å². The Bertz CT molecular complexity index is 285. The van der Waals surface area contributed by atoms with Gasteiger partial charge in [-0.05, 0) is 36.9 Å². The molecule has 0 saturated carbocycles. The van der Waals surface area contributed by atoms with Crippen molar-refractivity contribution < 1.29 is 4.74 Å². The van der Waals surface area contributed by atoms with E-state index in [2.05, 4.69) is 12.1 Å².